The summed E-state index contributed by atoms with van der Waals surface area (Å²) in [6, 6.07) is -0.179. The van der Waals surface area contributed by atoms with Gasteiger partial charge in [-0.3, -0.25) is 4.90 Å². The Labute approximate surface area is 150 Å². The van der Waals surface area contributed by atoms with Gasteiger partial charge in [-0.05, 0) is 30.3 Å². The largest absolute Gasteiger partial charge is 0.304 e. The van der Waals surface area contributed by atoms with Crippen LogP contribution >= 0.6 is 11.6 Å². The molecule has 3 heteroatoms. The molecule has 1 saturated heterocycles. The van der Waals surface area contributed by atoms with E-state index in [9.17, 15) is 0 Å². The second-order valence-corrected chi connectivity index (χ2v) is 4.81. The monoisotopic (exact) mass is 313 g/mol. The van der Waals surface area contributed by atoms with E-state index >= 15 is 0 Å². The van der Waals surface area contributed by atoms with Crippen molar-refractivity contribution in [3.8, 4) is 0 Å². The molecule has 1 heterocycles. The number of benzene rings is 2. The highest BCUT2D eigenvalue weighted by Gasteiger charge is 2.25. The lowest BCUT2D eigenvalue weighted by atomic mass is 9.96. The maximum Gasteiger partial charge on any atom is 0.0626 e. The Hall–Kier alpha value is -1.35. The molecule has 3 rings (SSSR count). The Kier molecular flexibility index (Phi) is 1.79. The second kappa shape index (κ2) is 6.61. The highest BCUT2D eigenvalue weighted by Crippen LogP contribution is 2.30. The van der Waals surface area contributed by atoms with E-state index in [1.54, 1.807) is 0 Å². The molecule has 21 heavy (non-hydrogen) atoms. The van der Waals surface area contributed by atoms with Gasteiger partial charge in [-0.2, -0.15) is 0 Å². The average molecular weight is 314 g/mol. The van der Waals surface area contributed by atoms with E-state index in [0.717, 1.165) is 7.05 Å². The number of hydrogen-bond acceptors (Lipinski definition) is 2. The first-order chi connectivity index (χ1) is 15.3. The minimum Gasteiger partial charge on any atom is -0.304 e. The fourth-order valence-electron chi connectivity index (χ4n) is 1.93. The molecule has 0 spiro atoms. The van der Waals surface area contributed by atoms with Gasteiger partial charge < -0.3 is 4.90 Å². The summed E-state index contributed by atoms with van der Waals surface area (Å²) >= 11 is 5.96. The van der Waals surface area contributed by atoms with Crippen LogP contribution in [0.1, 0.15) is 35.0 Å². The Bertz CT molecular complexity index is 1060. The summed E-state index contributed by atoms with van der Waals surface area (Å²) in [7, 11) is 0.912. The minimum atomic E-state index is -3.25. The van der Waals surface area contributed by atoms with Crippen molar-refractivity contribution in [2.24, 2.45) is 0 Å². The van der Waals surface area contributed by atoms with Gasteiger partial charge in [0.15, 0.2) is 0 Å². The van der Waals surface area contributed by atoms with E-state index in [4.69, 9.17) is 29.4 Å². The van der Waals surface area contributed by atoms with Gasteiger partial charge in [0.25, 0.3) is 0 Å². The molecule has 1 aliphatic heterocycles. The molecule has 2 nitrogen and oxygen atoms in total. The van der Waals surface area contributed by atoms with Gasteiger partial charge in [-0.25, -0.2) is 0 Å². The quantitative estimate of drug-likeness (QED) is 0.853. The van der Waals surface area contributed by atoms with Gasteiger partial charge in [0.05, 0.1) is 12.9 Å². The molecule has 1 fully saturated rings. The highest BCUT2D eigenvalue weighted by atomic mass is 35.5. The maximum atomic E-state index is 8.60. The van der Waals surface area contributed by atoms with Crippen molar-refractivity contribution < 1.29 is 17.8 Å². The summed E-state index contributed by atoms with van der Waals surface area (Å²) < 4.78 is 108. The van der Waals surface area contributed by atoms with E-state index in [1.165, 1.54) is 24.3 Å². The predicted molar refractivity (Wildman–Crippen MR) is 88.8 cm³/mol. The SMILES string of the molecule is [2H]c1c([2H])c([2H])c(C(c2ccc(Cl)cc2)N2C([2H])([2H])C([2H])([2H])N(C)C([2H])([2H])C2([2H])[2H])c([2H])c1[2H]. The van der Waals surface area contributed by atoms with Gasteiger partial charge in [0.1, 0.15) is 0 Å². The van der Waals surface area contributed by atoms with Crippen molar-refractivity contribution in [3.63, 3.8) is 0 Å². The van der Waals surface area contributed by atoms with Crippen LogP contribution in [0.15, 0.2) is 54.5 Å². The molecule has 2 aromatic carbocycles. The van der Waals surface area contributed by atoms with Crippen LogP contribution in [0, 0.1) is 0 Å². The number of nitrogens with zero attached hydrogens (tertiary/aromatic N) is 2. The zero-order chi connectivity index (χ0) is 26.2. The molecule has 0 aromatic heterocycles. The topological polar surface area (TPSA) is 6.48 Å². The summed E-state index contributed by atoms with van der Waals surface area (Å²) in [4.78, 5) is 0.592. The average Bonchev–Trinajstić information content (AvgIpc) is 2.74. The van der Waals surface area contributed by atoms with Crippen LogP contribution in [-0.4, -0.2) is 42.8 Å². The molecule has 0 radical (unpaired) electrons. The van der Waals surface area contributed by atoms with E-state index in [-0.39, 0.29) is 15.5 Å². The third kappa shape index (κ3) is 3.46. The molecule has 2 aromatic rings. The van der Waals surface area contributed by atoms with Crippen molar-refractivity contribution in [2.75, 3.05) is 33.0 Å². The zero-order valence-corrected chi connectivity index (χ0v) is 11.9. The highest BCUT2D eigenvalue weighted by molar-refractivity contribution is 6.30. The normalized spacial score (nSPS) is 37.1. The molecule has 0 saturated carbocycles. The number of hydrogen-bond donors (Lipinski definition) is 0. The molecule has 110 valence electrons. The first-order valence-electron chi connectivity index (χ1n) is 12.7. The van der Waals surface area contributed by atoms with Crippen molar-refractivity contribution >= 4 is 11.6 Å². The summed E-state index contributed by atoms with van der Waals surface area (Å²) in [5.41, 5.74) is -0.510. The van der Waals surface area contributed by atoms with Gasteiger partial charge in [-0.1, -0.05) is 53.9 Å². The van der Waals surface area contributed by atoms with Crippen molar-refractivity contribution in [1.29, 1.82) is 0 Å². The molecule has 0 amide bonds. The Morgan fingerprint density at radius 1 is 1.00 bits per heavy atom. The first-order valence-corrected chi connectivity index (χ1v) is 6.57. The number of halogens is 1. The van der Waals surface area contributed by atoms with Gasteiger partial charge >= 0.3 is 0 Å². The van der Waals surface area contributed by atoms with E-state index in [0.29, 0.717) is 4.90 Å². The maximum absolute atomic E-state index is 8.60. The van der Waals surface area contributed by atoms with Crippen LogP contribution < -0.4 is 0 Å². The second-order valence-electron chi connectivity index (χ2n) is 4.37. The lowest BCUT2D eigenvalue weighted by Gasteiger charge is -2.38. The van der Waals surface area contributed by atoms with Crippen molar-refractivity contribution in [1.82, 2.24) is 9.80 Å². The third-order valence-corrected chi connectivity index (χ3v) is 3.17. The fraction of sp³-hybridized carbons (Fsp3) is 0.333. The molecule has 1 aliphatic rings. The number of rotatable bonds is 3. The third-order valence-electron chi connectivity index (χ3n) is 2.91. The van der Waals surface area contributed by atoms with Crippen molar-refractivity contribution in [2.45, 2.75) is 6.04 Å². The van der Waals surface area contributed by atoms with Crippen LogP contribution in [-0.2, 0) is 0 Å². The molecule has 1 unspecified atom stereocenters. The number of piperazine rings is 1. The Morgan fingerprint density at radius 2 is 1.62 bits per heavy atom. The zero-order valence-electron chi connectivity index (χ0n) is 24.2. The van der Waals surface area contributed by atoms with Crippen LogP contribution in [0.3, 0.4) is 0 Å². The first kappa shape index (κ1) is 5.69. The van der Waals surface area contributed by atoms with Crippen LogP contribution in [0.5, 0.6) is 0 Å². The summed E-state index contributed by atoms with van der Waals surface area (Å²) in [6.45, 7) is -12.7. The fourth-order valence-corrected chi connectivity index (χ4v) is 2.06. The summed E-state index contributed by atoms with van der Waals surface area (Å²) in [5.74, 6) is 0. The molecule has 0 bridgehead atoms. The summed E-state index contributed by atoms with van der Waals surface area (Å²) in [5, 5.41) is 0.249. The lowest BCUT2D eigenvalue weighted by molar-refractivity contribution is 0.127. The van der Waals surface area contributed by atoms with E-state index in [2.05, 4.69) is 0 Å². The van der Waals surface area contributed by atoms with Crippen LogP contribution in [0.2, 0.25) is 5.02 Å². The molecule has 1 atom stereocenters. The minimum absolute atomic E-state index is 0.0202. The van der Waals surface area contributed by atoms with Crippen molar-refractivity contribution in [3.05, 3.63) is 70.6 Å². The summed E-state index contributed by atoms with van der Waals surface area (Å²) in [6.07, 6.45) is 0. The molecular formula is C18H21ClN2. The molecule has 0 N–H and O–H groups in total. The Balaban J connectivity index is 2.49. The van der Waals surface area contributed by atoms with Gasteiger partial charge in [0.2, 0.25) is 0 Å². The standard InChI is InChI=1S/C18H21ClN2/c1-20-11-13-21(14-12-20)18(15-5-3-2-4-6-15)16-7-9-17(19)10-8-16/h2-10,18H,11-14H2,1H3/i2D,3D,4D,5D,6D,11D2,12D2,13D2,14D2. The van der Waals surface area contributed by atoms with E-state index in [1.807, 2.05) is 0 Å². The van der Waals surface area contributed by atoms with Gasteiger partial charge in [0, 0.05) is 42.0 Å². The van der Waals surface area contributed by atoms with Crippen LogP contribution in [0.25, 0.3) is 0 Å². The molecule has 0 aliphatic carbocycles. The molecular weight excluding hydrogens is 280 g/mol. The van der Waals surface area contributed by atoms with Crippen LogP contribution in [0.4, 0.5) is 0 Å². The smallest absolute Gasteiger partial charge is 0.0626 e. The number of likely N-dealkylation sites (N-methyl/N-ethyl adjacent to an activating group) is 1. The van der Waals surface area contributed by atoms with Gasteiger partial charge in [-0.15, -0.1) is 0 Å². The Morgan fingerprint density at radius 3 is 2.24 bits per heavy atom. The lowest BCUT2D eigenvalue weighted by Crippen LogP contribution is -2.46. The predicted octanol–water partition coefficient (Wildman–Crippen LogP) is 3.68. The van der Waals surface area contributed by atoms with E-state index < -0.39 is 67.8 Å².